The van der Waals surface area contributed by atoms with Gasteiger partial charge in [-0.3, -0.25) is 52.7 Å². The van der Waals surface area contributed by atoms with Crippen molar-refractivity contribution in [1.29, 1.82) is 0 Å². The van der Waals surface area contributed by atoms with E-state index in [-0.39, 0.29) is 44.3 Å². The lowest BCUT2D eigenvalue weighted by atomic mass is 9.95. The van der Waals surface area contributed by atoms with Crippen molar-refractivity contribution in [2.75, 3.05) is 58.9 Å². The normalized spacial score (nSPS) is 22.7. The van der Waals surface area contributed by atoms with E-state index in [9.17, 15) is 65.9 Å². The molecular formula is C38H50F3N11O12. The molecule has 1 aromatic carbocycles. The molecular weight excluding hydrogens is 859 g/mol. The Labute approximate surface area is 363 Å². The predicted molar refractivity (Wildman–Crippen MR) is 212 cm³/mol. The minimum atomic E-state index is -5.03. The Kier molecular flexibility index (Phi) is 18.2. The predicted octanol–water partition coefficient (Wildman–Crippen LogP) is -4.63. The van der Waals surface area contributed by atoms with E-state index in [1.165, 1.54) is 17.0 Å². The van der Waals surface area contributed by atoms with Crippen LogP contribution in [-0.2, 0) is 59.2 Å². The van der Waals surface area contributed by atoms with Crippen LogP contribution in [0, 0.1) is 0 Å². The van der Waals surface area contributed by atoms with Gasteiger partial charge in [-0.15, -0.1) is 13.2 Å². The largest absolute Gasteiger partial charge is 0.573 e. The Morgan fingerprint density at radius 1 is 0.625 bits per heavy atom. The number of carbonyl (C=O) groups is 11. The number of rotatable bonds is 3. The molecule has 1 spiro atoms. The van der Waals surface area contributed by atoms with E-state index in [1.807, 2.05) is 0 Å². The Hall–Kier alpha value is -7.02. The van der Waals surface area contributed by atoms with Gasteiger partial charge in [-0.1, -0.05) is 25.0 Å². The van der Waals surface area contributed by atoms with Crippen molar-refractivity contribution in [2.24, 2.45) is 0 Å². The maximum absolute atomic E-state index is 13.6. The van der Waals surface area contributed by atoms with Crippen LogP contribution in [0.3, 0.4) is 0 Å². The fourth-order valence-corrected chi connectivity index (χ4v) is 6.93. The number of benzene rings is 1. The summed E-state index contributed by atoms with van der Waals surface area (Å²) < 4.78 is 42.6. The summed E-state index contributed by atoms with van der Waals surface area (Å²) in [6, 6.07) is 1.98. The van der Waals surface area contributed by atoms with Gasteiger partial charge in [-0.25, -0.2) is 0 Å². The highest BCUT2D eigenvalue weighted by Crippen LogP contribution is 2.31. The molecule has 3 aliphatic rings. The van der Waals surface area contributed by atoms with Gasteiger partial charge >= 0.3 is 6.36 Å². The lowest BCUT2D eigenvalue weighted by Gasteiger charge is -2.32. The monoisotopic (exact) mass is 909 g/mol. The summed E-state index contributed by atoms with van der Waals surface area (Å²) in [6.45, 7) is -4.36. The first-order valence-electron chi connectivity index (χ1n) is 20.2. The highest BCUT2D eigenvalue weighted by Gasteiger charge is 2.45. The van der Waals surface area contributed by atoms with Gasteiger partial charge in [0.05, 0.1) is 45.8 Å². The average molecular weight is 910 g/mol. The maximum Gasteiger partial charge on any atom is 0.573 e. The van der Waals surface area contributed by atoms with Gasteiger partial charge in [0.25, 0.3) is 0 Å². The fourth-order valence-electron chi connectivity index (χ4n) is 6.93. The smallest absolute Gasteiger partial charge is 0.406 e. The van der Waals surface area contributed by atoms with Crippen LogP contribution in [0.25, 0.3) is 0 Å². The van der Waals surface area contributed by atoms with Gasteiger partial charge in [0.2, 0.25) is 65.0 Å². The van der Waals surface area contributed by atoms with Gasteiger partial charge in [0, 0.05) is 25.9 Å². The lowest BCUT2D eigenvalue weighted by molar-refractivity contribution is -0.274. The summed E-state index contributed by atoms with van der Waals surface area (Å²) in [7, 11) is 0. The molecule has 350 valence electrons. The van der Waals surface area contributed by atoms with Crippen LogP contribution in [-0.4, -0.2) is 153 Å². The van der Waals surface area contributed by atoms with Crippen molar-refractivity contribution in [2.45, 2.75) is 75.4 Å². The molecule has 2 unspecified atom stereocenters. The third kappa shape index (κ3) is 16.4. The van der Waals surface area contributed by atoms with Crippen LogP contribution in [0.5, 0.6) is 5.75 Å². The first kappa shape index (κ1) is 49.6. The summed E-state index contributed by atoms with van der Waals surface area (Å²) in [5.41, 5.74) is -1.28. The molecule has 1 aliphatic carbocycles. The van der Waals surface area contributed by atoms with E-state index in [1.54, 1.807) is 0 Å². The highest BCUT2D eigenvalue weighted by molar-refractivity contribution is 5.98. The van der Waals surface area contributed by atoms with Gasteiger partial charge in [0.15, 0.2) is 0 Å². The molecule has 4 rings (SSSR count). The number of carbonyl (C=O) groups excluding carboxylic acids is 11. The summed E-state index contributed by atoms with van der Waals surface area (Å²) in [5.74, 6) is -9.08. The van der Waals surface area contributed by atoms with E-state index in [0.717, 1.165) is 12.1 Å². The zero-order valence-corrected chi connectivity index (χ0v) is 34.5. The minimum Gasteiger partial charge on any atom is -0.406 e. The van der Waals surface area contributed by atoms with Crippen molar-refractivity contribution in [3.8, 4) is 5.75 Å². The van der Waals surface area contributed by atoms with Gasteiger partial charge < -0.3 is 62.8 Å². The summed E-state index contributed by atoms with van der Waals surface area (Å²) in [6.07, 6.45) is -3.34. The molecule has 2 saturated heterocycles. The fraction of sp³-hybridized carbons (Fsp3) is 0.553. The molecule has 2 atom stereocenters. The molecule has 0 radical (unpaired) electrons. The summed E-state index contributed by atoms with van der Waals surface area (Å²) >= 11 is 0. The zero-order valence-electron chi connectivity index (χ0n) is 34.5. The number of amides is 11. The second-order valence-electron chi connectivity index (χ2n) is 14.9. The molecule has 26 heteroatoms. The van der Waals surface area contributed by atoms with Crippen molar-refractivity contribution in [1.82, 2.24) is 58.1 Å². The Balaban J connectivity index is 1.45. The van der Waals surface area contributed by atoms with Crippen molar-refractivity contribution < 1.29 is 70.6 Å². The minimum absolute atomic E-state index is 0.0868. The van der Waals surface area contributed by atoms with Crippen LogP contribution in [0.4, 0.5) is 13.2 Å². The lowest BCUT2D eigenvalue weighted by Crippen LogP contribution is -2.61. The number of hydrogen-bond acceptors (Lipinski definition) is 12. The molecule has 10 N–H and O–H groups in total. The molecule has 23 nitrogen and oxygen atoms in total. The van der Waals surface area contributed by atoms with Crippen LogP contribution in [0.2, 0.25) is 0 Å². The highest BCUT2D eigenvalue weighted by atomic mass is 19.4. The van der Waals surface area contributed by atoms with E-state index in [0.29, 0.717) is 19.3 Å². The van der Waals surface area contributed by atoms with E-state index in [2.05, 4.69) is 57.9 Å². The number of nitrogens with zero attached hydrogens (tertiary/aromatic N) is 1. The summed E-state index contributed by atoms with van der Waals surface area (Å²) in [4.78, 5) is 142. The quantitative estimate of drug-likeness (QED) is 0.137. The molecule has 2 heterocycles. The van der Waals surface area contributed by atoms with Crippen LogP contribution < -0.4 is 57.9 Å². The van der Waals surface area contributed by atoms with Gasteiger partial charge in [-0.2, -0.15) is 0 Å². The van der Waals surface area contributed by atoms with E-state index < -0.39 is 147 Å². The standard InChI is InChI=1S/C38H50F3N11O12/c39-38(40,41)64-23-6-3-5-22(13-23)14-24-34(61)48-18-31(58)47-21-33(60)52-12-4-7-25(52)35(62)51-37(9-1-2-10-37)36(63)49-19-27(54)42-11-8-26(53)43-15-28(55)44-16-29(56)45-17-30(57)46-20-32(59)50-24/h3,5-6,13,24-25H,1-2,4,7-12,14-21H2,(H,42,54)(H,43,53)(H,44,55)(H,45,56)(H,46,57)(H,47,58)(H,48,61)(H,49,63)(H,50,59)(H,51,62). The number of nitrogens with one attached hydrogen (secondary N) is 10. The zero-order chi connectivity index (χ0) is 46.9. The van der Waals surface area contributed by atoms with Crippen molar-refractivity contribution >= 4 is 65.0 Å². The molecule has 1 saturated carbocycles. The molecule has 11 amide bonds. The second-order valence-corrected chi connectivity index (χ2v) is 14.9. The average Bonchev–Trinajstić information content (AvgIpc) is 3.94. The van der Waals surface area contributed by atoms with E-state index >= 15 is 0 Å². The maximum atomic E-state index is 13.6. The molecule has 0 aromatic heterocycles. The topological polar surface area (TPSA) is 321 Å². The van der Waals surface area contributed by atoms with Crippen molar-refractivity contribution in [3.63, 3.8) is 0 Å². The van der Waals surface area contributed by atoms with Crippen LogP contribution >= 0.6 is 0 Å². The van der Waals surface area contributed by atoms with Crippen LogP contribution in [0.1, 0.15) is 50.5 Å². The van der Waals surface area contributed by atoms with Gasteiger partial charge in [-0.05, 0) is 43.4 Å². The number of halogens is 3. The van der Waals surface area contributed by atoms with Crippen molar-refractivity contribution in [3.05, 3.63) is 29.8 Å². The molecule has 0 bridgehead atoms. The molecule has 2 aliphatic heterocycles. The number of fused-ring (bicyclic) bond motifs is 1. The second kappa shape index (κ2) is 23.4. The van der Waals surface area contributed by atoms with Gasteiger partial charge in [0.1, 0.15) is 23.4 Å². The van der Waals surface area contributed by atoms with E-state index in [4.69, 9.17) is 0 Å². The van der Waals surface area contributed by atoms with Crippen LogP contribution in [0.15, 0.2) is 24.3 Å². The summed E-state index contributed by atoms with van der Waals surface area (Å²) in [5, 5.41) is 23.6. The molecule has 64 heavy (non-hydrogen) atoms. The molecule has 1 aromatic rings. The first-order chi connectivity index (χ1) is 30.3. The number of alkyl halides is 3. The number of ether oxygens (including phenoxy) is 1. The SMILES string of the molecule is O=C1CCNC(=O)CNC(=O)C2(CCCC2)NC(=O)C2CCCN2C(=O)CNC(=O)CNC(=O)C(Cc2cccc(OC(F)(F)F)c2)NC(=O)CNC(=O)CNC(=O)CNC(=O)CN1. The third-order valence-electron chi connectivity index (χ3n) is 10.1. The first-order valence-corrected chi connectivity index (χ1v) is 20.2. The third-order valence-corrected chi connectivity index (χ3v) is 10.1. The molecule has 3 fully saturated rings. The Morgan fingerprint density at radius 3 is 1.80 bits per heavy atom. The number of hydrogen-bond donors (Lipinski definition) is 10. The Bertz CT molecular complexity index is 1960. The Morgan fingerprint density at radius 2 is 1.17 bits per heavy atom.